The van der Waals surface area contributed by atoms with E-state index in [1.54, 1.807) is 0 Å². The molecule has 0 radical (unpaired) electrons. The van der Waals surface area contributed by atoms with Gasteiger partial charge in [0.05, 0.1) is 0 Å². The van der Waals surface area contributed by atoms with Crippen LogP contribution in [0.3, 0.4) is 0 Å². The van der Waals surface area contributed by atoms with E-state index >= 15 is 0 Å². The Labute approximate surface area is 101 Å². The lowest BCUT2D eigenvalue weighted by Gasteiger charge is -2.47. The molecule has 3 atom stereocenters. The fourth-order valence-electron chi connectivity index (χ4n) is 3.91. The first-order valence-electron chi connectivity index (χ1n) is 7.32. The Morgan fingerprint density at radius 2 is 1.94 bits per heavy atom. The molecule has 2 N–H and O–H groups in total. The molecule has 1 unspecified atom stereocenters. The van der Waals surface area contributed by atoms with E-state index in [9.17, 15) is 0 Å². The lowest BCUT2D eigenvalue weighted by Crippen LogP contribution is -2.51. The largest absolute Gasteiger partial charge is 0.330 e. The van der Waals surface area contributed by atoms with Crippen molar-refractivity contribution in [2.75, 3.05) is 13.1 Å². The fraction of sp³-hybridized carbons (Fsp3) is 1.00. The number of nitrogens with two attached hydrogens (primary N) is 1. The molecule has 0 bridgehead atoms. The molecule has 2 fully saturated rings. The van der Waals surface area contributed by atoms with Gasteiger partial charge in [0.2, 0.25) is 0 Å². The first kappa shape index (κ1) is 12.4. The highest BCUT2D eigenvalue weighted by molar-refractivity contribution is 4.90. The van der Waals surface area contributed by atoms with Gasteiger partial charge in [-0.1, -0.05) is 19.8 Å². The van der Waals surface area contributed by atoms with E-state index in [2.05, 4.69) is 11.8 Å². The normalized spacial score (nSPS) is 33.4. The number of hydrogen-bond acceptors (Lipinski definition) is 2. The molecule has 0 amide bonds. The lowest BCUT2D eigenvalue weighted by atomic mass is 9.77. The van der Waals surface area contributed by atoms with E-state index < -0.39 is 0 Å². The van der Waals surface area contributed by atoms with Gasteiger partial charge < -0.3 is 5.73 Å². The van der Waals surface area contributed by atoms with Crippen LogP contribution in [0, 0.1) is 5.92 Å². The third kappa shape index (κ3) is 2.60. The van der Waals surface area contributed by atoms with Gasteiger partial charge >= 0.3 is 0 Å². The Hall–Kier alpha value is -0.0800. The second-order valence-corrected chi connectivity index (χ2v) is 5.63. The van der Waals surface area contributed by atoms with Crippen molar-refractivity contribution in [2.45, 2.75) is 70.4 Å². The van der Waals surface area contributed by atoms with Crippen LogP contribution >= 0.6 is 0 Å². The zero-order valence-corrected chi connectivity index (χ0v) is 10.8. The van der Waals surface area contributed by atoms with Crippen LogP contribution in [0.2, 0.25) is 0 Å². The molecule has 0 aromatic heterocycles. The summed E-state index contributed by atoms with van der Waals surface area (Å²) >= 11 is 0. The number of rotatable bonds is 4. The number of hydrogen-bond donors (Lipinski definition) is 1. The fourth-order valence-corrected chi connectivity index (χ4v) is 3.91. The zero-order valence-electron chi connectivity index (χ0n) is 10.8. The second kappa shape index (κ2) is 6.02. The van der Waals surface area contributed by atoms with E-state index in [4.69, 9.17) is 5.73 Å². The van der Waals surface area contributed by atoms with Crippen molar-refractivity contribution in [1.29, 1.82) is 0 Å². The van der Waals surface area contributed by atoms with Gasteiger partial charge in [-0.2, -0.15) is 0 Å². The molecule has 1 saturated heterocycles. The second-order valence-electron chi connectivity index (χ2n) is 5.63. The number of fused-ring (bicyclic) bond motifs is 1. The van der Waals surface area contributed by atoms with E-state index in [1.807, 2.05) is 0 Å². The topological polar surface area (TPSA) is 29.3 Å². The maximum absolute atomic E-state index is 5.75. The van der Waals surface area contributed by atoms with Crippen molar-refractivity contribution in [1.82, 2.24) is 4.90 Å². The maximum Gasteiger partial charge on any atom is 0.0126 e. The molecule has 0 spiro atoms. The maximum atomic E-state index is 5.75. The first-order valence-corrected chi connectivity index (χ1v) is 7.32. The molecule has 1 aliphatic heterocycles. The summed E-state index contributed by atoms with van der Waals surface area (Å²) in [6.45, 7) is 4.51. The standard InChI is InChI=1S/C14H28N2/c1-2-13(9-10-15)16-11-5-7-12-6-3-4-8-14(12)16/h12-14H,2-11,15H2,1H3/t12-,13?,14-/m1/s1. The first-order chi connectivity index (χ1) is 7.86. The molecule has 94 valence electrons. The summed E-state index contributed by atoms with van der Waals surface area (Å²) in [6.07, 6.45) is 11.2. The van der Waals surface area contributed by atoms with Gasteiger partial charge in [0, 0.05) is 12.1 Å². The third-order valence-corrected chi connectivity index (χ3v) is 4.73. The number of piperidine rings is 1. The summed E-state index contributed by atoms with van der Waals surface area (Å²) in [4.78, 5) is 2.82. The molecule has 1 saturated carbocycles. The highest BCUT2D eigenvalue weighted by Gasteiger charge is 2.35. The quantitative estimate of drug-likeness (QED) is 0.795. The van der Waals surface area contributed by atoms with Crippen LogP contribution in [0.15, 0.2) is 0 Å². The zero-order chi connectivity index (χ0) is 11.4. The van der Waals surface area contributed by atoms with Crippen LogP contribution in [0.25, 0.3) is 0 Å². The summed E-state index contributed by atoms with van der Waals surface area (Å²) in [5.74, 6) is 1.01. The molecule has 2 aliphatic rings. The third-order valence-electron chi connectivity index (χ3n) is 4.73. The average molecular weight is 224 g/mol. The Morgan fingerprint density at radius 1 is 1.19 bits per heavy atom. The van der Waals surface area contributed by atoms with Gasteiger partial charge in [-0.3, -0.25) is 4.90 Å². The SMILES string of the molecule is CCC(CCN)N1CCC[C@H]2CCCC[C@H]21. The summed E-state index contributed by atoms with van der Waals surface area (Å²) in [5, 5.41) is 0. The minimum absolute atomic E-state index is 0.760. The van der Waals surface area contributed by atoms with Crippen LogP contribution < -0.4 is 5.73 Å². The van der Waals surface area contributed by atoms with Crippen molar-refractivity contribution in [3.05, 3.63) is 0 Å². The summed E-state index contributed by atoms with van der Waals surface area (Å²) in [6, 6.07) is 1.66. The van der Waals surface area contributed by atoms with Gasteiger partial charge in [0.15, 0.2) is 0 Å². The Kier molecular flexibility index (Phi) is 4.66. The van der Waals surface area contributed by atoms with Crippen molar-refractivity contribution in [3.8, 4) is 0 Å². The molecule has 1 heterocycles. The van der Waals surface area contributed by atoms with E-state index in [-0.39, 0.29) is 0 Å². The summed E-state index contributed by atoms with van der Waals surface area (Å²) < 4.78 is 0. The smallest absolute Gasteiger partial charge is 0.0126 e. The molecule has 2 nitrogen and oxygen atoms in total. The molecular weight excluding hydrogens is 196 g/mol. The van der Waals surface area contributed by atoms with Gasteiger partial charge in [-0.25, -0.2) is 0 Å². The highest BCUT2D eigenvalue weighted by atomic mass is 15.2. The van der Waals surface area contributed by atoms with E-state index in [0.717, 1.165) is 24.5 Å². The molecule has 0 aromatic carbocycles. The van der Waals surface area contributed by atoms with E-state index in [1.165, 1.54) is 57.9 Å². The van der Waals surface area contributed by atoms with Gasteiger partial charge in [0.1, 0.15) is 0 Å². The van der Waals surface area contributed by atoms with Crippen molar-refractivity contribution in [2.24, 2.45) is 11.7 Å². The van der Waals surface area contributed by atoms with E-state index in [0.29, 0.717) is 0 Å². The molecule has 2 rings (SSSR count). The van der Waals surface area contributed by atoms with Crippen LogP contribution in [0.4, 0.5) is 0 Å². The molecule has 1 aliphatic carbocycles. The minimum Gasteiger partial charge on any atom is -0.330 e. The van der Waals surface area contributed by atoms with Crippen LogP contribution in [0.1, 0.15) is 58.3 Å². The average Bonchev–Trinajstić information content (AvgIpc) is 2.35. The summed E-state index contributed by atoms with van der Waals surface area (Å²) in [5.41, 5.74) is 5.75. The van der Waals surface area contributed by atoms with Gasteiger partial charge in [0.25, 0.3) is 0 Å². The summed E-state index contributed by atoms with van der Waals surface area (Å²) in [7, 11) is 0. The van der Waals surface area contributed by atoms with Crippen LogP contribution in [-0.2, 0) is 0 Å². The minimum atomic E-state index is 0.760. The predicted octanol–water partition coefficient (Wildman–Crippen LogP) is 2.77. The van der Waals surface area contributed by atoms with Crippen LogP contribution in [-0.4, -0.2) is 30.1 Å². The highest BCUT2D eigenvalue weighted by Crippen LogP contribution is 2.36. The van der Waals surface area contributed by atoms with Crippen molar-refractivity contribution >= 4 is 0 Å². The molecule has 0 aromatic rings. The molecule has 16 heavy (non-hydrogen) atoms. The number of likely N-dealkylation sites (tertiary alicyclic amines) is 1. The lowest BCUT2D eigenvalue weighted by molar-refractivity contribution is 0.0222. The molecule has 2 heteroatoms. The Bertz CT molecular complexity index is 203. The number of nitrogens with zero attached hydrogens (tertiary/aromatic N) is 1. The van der Waals surface area contributed by atoms with Crippen molar-refractivity contribution in [3.63, 3.8) is 0 Å². The van der Waals surface area contributed by atoms with Gasteiger partial charge in [-0.15, -0.1) is 0 Å². The molecular formula is C14H28N2. The Morgan fingerprint density at radius 3 is 2.69 bits per heavy atom. The monoisotopic (exact) mass is 224 g/mol. The van der Waals surface area contributed by atoms with Crippen LogP contribution in [0.5, 0.6) is 0 Å². The van der Waals surface area contributed by atoms with Gasteiger partial charge in [-0.05, 0) is 57.5 Å². The van der Waals surface area contributed by atoms with Crippen molar-refractivity contribution < 1.29 is 0 Å². The Balaban J connectivity index is 2.00. The predicted molar refractivity (Wildman–Crippen MR) is 69.4 cm³/mol.